The van der Waals surface area contributed by atoms with Crippen molar-refractivity contribution in [2.24, 2.45) is 4.99 Å². The summed E-state index contributed by atoms with van der Waals surface area (Å²) in [4.78, 5) is 21.6. The van der Waals surface area contributed by atoms with E-state index in [0.29, 0.717) is 43.0 Å². The zero-order chi connectivity index (χ0) is 25.9. The second kappa shape index (κ2) is 10.5. The predicted molar refractivity (Wildman–Crippen MR) is 137 cm³/mol. The van der Waals surface area contributed by atoms with Crippen molar-refractivity contribution in [1.29, 1.82) is 0 Å². The van der Waals surface area contributed by atoms with E-state index in [-0.39, 0.29) is 10.8 Å². The molecule has 5 rings (SSSR count). The highest BCUT2D eigenvalue weighted by Gasteiger charge is 2.24. The van der Waals surface area contributed by atoms with Crippen LogP contribution >= 0.6 is 11.6 Å². The van der Waals surface area contributed by atoms with Crippen molar-refractivity contribution < 1.29 is 18.4 Å². The van der Waals surface area contributed by atoms with Crippen LogP contribution in [0.15, 0.2) is 63.0 Å². The van der Waals surface area contributed by atoms with Crippen LogP contribution in [0.2, 0.25) is 5.02 Å². The smallest absolute Gasteiger partial charge is 0.446 e. The van der Waals surface area contributed by atoms with Gasteiger partial charge in [0.15, 0.2) is 11.6 Å². The number of hydrogen-bond acceptors (Lipinski definition) is 8. The predicted octanol–water partition coefficient (Wildman–Crippen LogP) is 4.51. The molecule has 0 saturated heterocycles. The molecule has 1 N–H and O–H groups in total. The lowest BCUT2D eigenvalue weighted by Gasteiger charge is -2.11. The van der Waals surface area contributed by atoms with Crippen molar-refractivity contribution in [2.75, 3.05) is 20.8 Å². The van der Waals surface area contributed by atoms with Crippen LogP contribution in [0.4, 0.5) is 10.2 Å². The number of pyridine rings is 1. The number of halogens is 2. The molecule has 9 nitrogen and oxygen atoms in total. The second-order valence-electron chi connectivity index (χ2n) is 8.33. The molecule has 0 radical (unpaired) electrons. The Bertz CT molecular complexity index is 1550. The van der Waals surface area contributed by atoms with Crippen LogP contribution in [0, 0.1) is 5.82 Å². The number of nitrogens with one attached hydrogen (secondary N) is 1. The summed E-state index contributed by atoms with van der Waals surface area (Å²) in [5.41, 5.74) is 3.81. The molecular formula is C26H23ClFN5O4. The largest absolute Gasteiger partial charge is 0.497 e. The number of aromatic nitrogens is 3. The van der Waals surface area contributed by atoms with Crippen LogP contribution in [-0.2, 0) is 13.0 Å². The van der Waals surface area contributed by atoms with Crippen molar-refractivity contribution >= 4 is 23.1 Å². The molecule has 1 aliphatic rings. The van der Waals surface area contributed by atoms with Gasteiger partial charge in [0.05, 0.1) is 24.9 Å². The van der Waals surface area contributed by atoms with E-state index in [2.05, 4.69) is 20.4 Å². The SMILES string of the molecule is COc1ccc(CNCCC2=Nc3nccc(-c4noc(=O)n4-c4ccc(F)c(Cl)c4)c3C2)c(OC)c1. The third kappa shape index (κ3) is 4.98. The molecular weight excluding hydrogens is 501 g/mol. The highest BCUT2D eigenvalue weighted by molar-refractivity contribution is 6.30. The van der Waals surface area contributed by atoms with Crippen molar-refractivity contribution in [3.8, 4) is 28.6 Å². The summed E-state index contributed by atoms with van der Waals surface area (Å²) in [6.07, 6.45) is 2.86. The van der Waals surface area contributed by atoms with E-state index in [0.717, 1.165) is 28.3 Å². The molecule has 0 unspecified atom stereocenters. The molecule has 2 aromatic carbocycles. The highest BCUT2D eigenvalue weighted by atomic mass is 35.5. The minimum Gasteiger partial charge on any atom is -0.497 e. The van der Waals surface area contributed by atoms with Gasteiger partial charge in [-0.05, 0) is 36.8 Å². The Balaban J connectivity index is 1.30. The maximum absolute atomic E-state index is 13.7. The molecule has 11 heteroatoms. The molecule has 0 aliphatic carbocycles. The maximum atomic E-state index is 13.7. The summed E-state index contributed by atoms with van der Waals surface area (Å²) >= 11 is 5.94. The van der Waals surface area contributed by atoms with Gasteiger partial charge in [0, 0.05) is 54.2 Å². The summed E-state index contributed by atoms with van der Waals surface area (Å²) in [6.45, 7) is 1.32. The summed E-state index contributed by atoms with van der Waals surface area (Å²) in [7, 11) is 3.25. The first kappa shape index (κ1) is 24.7. The van der Waals surface area contributed by atoms with Gasteiger partial charge in [0.25, 0.3) is 0 Å². The highest BCUT2D eigenvalue weighted by Crippen LogP contribution is 2.34. The van der Waals surface area contributed by atoms with E-state index in [1.807, 2.05) is 18.2 Å². The molecule has 3 heterocycles. The molecule has 190 valence electrons. The minimum absolute atomic E-state index is 0.109. The number of nitrogens with zero attached hydrogens (tertiary/aromatic N) is 4. The van der Waals surface area contributed by atoms with Crippen LogP contribution in [0.25, 0.3) is 17.1 Å². The van der Waals surface area contributed by atoms with Gasteiger partial charge in [-0.25, -0.2) is 23.7 Å². The molecule has 0 spiro atoms. The Kier molecular flexibility index (Phi) is 7.02. The topological polar surface area (TPSA) is 104 Å². The average Bonchev–Trinajstić information content (AvgIpc) is 3.51. The maximum Gasteiger partial charge on any atom is 0.446 e. The average molecular weight is 524 g/mol. The number of aliphatic imine (C=N–C) groups is 1. The van der Waals surface area contributed by atoms with Crippen molar-refractivity contribution in [3.63, 3.8) is 0 Å². The van der Waals surface area contributed by atoms with Gasteiger partial charge < -0.3 is 14.8 Å². The zero-order valence-corrected chi connectivity index (χ0v) is 20.9. The third-order valence-corrected chi connectivity index (χ3v) is 6.37. The van der Waals surface area contributed by atoms with Gasteiger partial charge in [0.1, 0.15) is 17.3 Å². The van der Waals surface area contributed by atoms with Gasteiger partial charge in [-0.2, -0.15) is 0 Å². The number of rotatable bonds is 9. The van der Waals surface area contributed by atoms with Gasteiger partial charge in [-0.1, -0.05) is 22.8 Å². The summed E-state index contributed by atoms with van der Waals surface area (Å²) in [5.74, 6) is 1.05. The molecule has 0 amide bonds. The lowest BCUT2D eigenvalue weighted by atomic mass is 10.0. The molecule has 1 aliphatic heterocycles. The molecule has 2 aromatic heterocycles. The van der Waals surface area contributed by atoms with E-state index in [1.165, 1.54) is 22.8 Å². The van der Waals surface area contributed by atoms with E-state index in [1.54, 1.807) is 26.5 Å². The van der Waals surface area contributed by atoms with E-state index in [4.69, 9.17) is 25.6 Å². The van der Waals surface area contributed by atoms with Gasteiger partial charge in [-0.15, -0.1) is 0 Å². The summed E-state index contributed by atoms with van der Waals surface area (Å²) in [6, 6.07) is 11.5. The fourth-order valence-corrected chi connectivity index (χ4v) is 4.40. The molecule has 4 aromatic rings. The number of hydrogen-bond donors (Lipinski definition) is 1. The number of ether oxygens (including phenoxy) is 2. The quantitative estimate of drug-likeness (QED) is 0.322. The van der Waals surface area contributed by atoms with Crippen LogP contribution in [0.3, 0.4) is 0 Å². The monoisotopic (exact) mass is 523 g/mol. The summed E-state index contributed by atoms with van der Waals surface area (Å²) in [5, 5.41) is 7.29. The van der Waals surface area contributed by atoms with Crippen molar-refractivity contribution in [2.45, 2.75) is 19.4 Å². The Morgan fingerprint density at radius 2 is 2.03 bits per heavy atom. The number of fused-ring (bicyclic) bond motifs is 1. The standard InChI is InChI=1S/C26H23ClFN5O4/c1-35-18-5-3-15(23(13-18)36-2)14-29-9-7-16-11-20-19(8-10-30-24(20)31-16)25-32-37-26(34)33(25)17-4-6-22(28)21(27)12-17/h3-6,8,10,12-13,29H,7,9,11,14H2,1-2H3. The lowest BCUT2D eigenvalue weighted by Crippen LogP contribution is -2.18. The first-order valence-electron chi connectivity index (χ1n) is 11.5. The first-order valence-corrected chi connectivity index (χ1v) is 11.9. The van der Waals surface area contributed by atoms with Gasteiger partial charge in [0.2, 0.25) is 0 Å². The Morgan fingerprint density at radius 1 is 1.16 bits per heavy atom. The van der Waals surface area contributed by atoms with Crippen molar-refractivity contribution in [1.82, 2.24) is 20.0 Å². The normalized spacial score (nSPS) is 12.4. The second-order valence-corrected chi connectivity index (χ2v) is 8.73. The Labute approximate surface area is 216 Å². The fourth-order valence-electron chi connectivity index (χ4n) is 4.22. The van der Waals surface area contributed by atoms with Crippen LogP contribution < -0.4 is 20.5 Å². The molecule has 37 heavy (non-hydrogen) atoms. The van der Waals surface area contributed by atoms with E-state index < -0.39 is 11.6 Å². The third-order valence-electron chi connectivity index (χ3n) is 6.08. The number of benzene rings is 2. The van der Waals surface area contributed by atoms with Gasteiger partial charge in [-0.3, -0.25) is 4.52 Å². The van der Waals surface area contributed by atoms with Crippen LogP contribution in [0.5, 0.6) is 11.5 Å². The number of methoxy groups -OCH3 is 2. The van der Waals surface area contributed by atoms with Crippen molar-refractivity contribution in [3.05, 3.63) is 81.2 Å². The Morgan fingerprint density at radius 3 is 2.81 bits per heavy atom. The summed E-state index contributed by atoms with van der Waals surface area (Å²) < 4.78 is 30.6. The van der Waals surface area contributed by atoms with E-state index >= 15 is 0 Å². The lowest BCUT2D eigenvalue weighted by molar-refractivity contribution is 0.383. The molecule has 0 bridgehead atoms. The molecule has 0 fully saturated rings. The molecule has 0 saturated carbocycles. The van der Waals surface area contributed by atoms with Crippen LogP contribution in [-0.4, -0.2) is 41.2 Å². The van der Waals surface area contributed by atoms with E-state index in [9.17, 15) is 9.18 Å². The zero-order valence-electron chi connectivity index (χ0n) is 20.1. The Hall–Kier alpha value is -4.02. The van der Waals surface area contributed by atoms with Crippen LogP contribution in [0.1, 0.15) is 17.5 Å². The minimum atomic E-state index is -0.708. The fraction of sp³-hybridized carbons (Fsp3) is 0.231. The first-order chi connectivity index (χ1) is 18.0. The van der Waals surface area contributed by atoms with Gasteiger partial charge >= 0.3 is 5.76 Å². The molecule has 0 atom stereocenters.